The molecule has 1 N–H and O–H groups in total. The van der Waals surface area contributed by atoms with Crippen LogP contribution in [0.3, 0.4) is 0 Å². The van der Waals surface area contributed by atoms with Gasteiger partial charge in [-0.2, -0.15) is 0 Å². The Labute approximate surface area is 142 Å². The van der Waals surface area contributed by atoms with E-state index in [1.165, 1.54) is 18.2 Å². The summed E-state index contributed by atoms with van der Waals surface area (Å²) in [6.07, 6.45) is 0.227. The van der Waals surface area contributed by atoms with Gasteiger partial charge in [-0.3, -0.25) is 19.7 Å². The first-order valence-corrected chi connectivity index (χ1v) is 7.34. The maximum Gasteiger partial charge on any atom is 0.310 e. The summed E-state index contributed by atoms with van der Waals surface area (Å²) in [6.45, 7) is 1.67. The minimum atomic E-state index is -0.663. The number of hydrogen-bond donors (Lipinski definition) is 1. The lowest BCUT2D eigenvalue weighted by atomic mass is 10.2. The van der Waals surface area contributed by atoms with Crippen LogP contribution in [0.15, 0.2) is 42.5 Å². The van der Waals surface area contributed by atoms with Crippen molar-refractivity contribution in [1.29, 1.82) is 0 Å². The number of ether oxygens (including phenoxy) is 1. The van der Waals surface area contributed by atoms with Crippen LogP contribution in [0.4, 0.5) is 11.4 Å². The van der Waals surface area contributed by atoms with Crippen LogP contribution < -0.4 is 10.1 Å². The Hall–Kier alpha value is -2.93. The van der Waals surface area contributed by atoms with Crippen molar-refractivity contribution in [2.75, 3.05) is 5.32 Å². The maximum atomic E-state index is 12.2. The van der Waals surface area contributed by atoms with E-state index in [0.29, 0.717) is 11.4 Å². The average molecular weight is 349 g/mol. The number of rotatable bonds is 5. The molecule has 0 radical (unpaired) electrons. The van der Waals surface area contributed by atoms with Crippen molar-refractivity contribution in [2.24, 2.45) is 0 Å². The molecule has 0 heterocycles. The molecule has 0 bridgehead atoms. The van der Waals surface area contributed by atoms with E-state index in [2.05, 4.69) is 5.32 Å². The van der Waals surface area contributed by atoms with E-state index >= 15 is 0 Å². The molecular weight excluding hydrogens is 336 g/mol. The maximum absolute atomic E-state index is 12.2. The first-order valence-electron chi connectivity index (χ1n) is 6.96. The molecule has 0 saturated heterocycles. The van der Waals surface area contributed by atoms with Crippen molar-refractivity contribution < 1.29 is 19.2 Å². The molecule has 0 aliphatic carbocycles. The molecule has 0 spiro atoms. The van der Waals surface area contributed by atoms with Gasteiger partial charge in [0.05, 0.1) is 4.92 Å². The molecule has 1 amide bonds. The van der Waals surface area contributed by atoms with Gasteiger partial charge in [-0.25, -0.2) is 0 Å². The summed E-state index contributed by atoms with van der Waals surface area (Å²) >= 11 is 5.72. The monoisotopic (exact) mass is 348 g/mol. The summed E-state index contributed by atoms with van der Waals surface area (Å²) in [5.74, 6) is -0.651. The molecule has 0 saturated carbocycles. The third kappa shape index (κ3) is 4.30. The molecule has 24 heavy (non-hydrogen) atoms. The lowest BCUT2D eigenvalue weighted by Gasteiger charge is -2.08. The molecule has 2 aromatic carbocycles. The summed E-state index contributed by atoms with van der Waals surface area (Å²) in [6, 6.07) is 10.0. The number of hydrogen-bond acceptors (Lipinski definition) is 5. The molecule has 0 atom stereocenters. The van der Waals surface area contributed by atoms with E-state index in [1.54, 1.807) is 25.1 Å². The molecule has 124 valence electrons. The number of nitro groups is 1. The number of benzene rings is 2. The van der Waals surface area contributed by atoms with Crippen LogP contribution >= 0.6 is 11.6 Å². The zero-order valence-electron chi connectivity index (χ0n) is 12.6. The number of carbonyl (C=O) groups is 2. The molecule has 8 heteroatoms. The Bertz CT molecular complexity index is 807. The highest BCUT2D eigenvalue weighted by atomic mass is 35.5. The van der Waals surface area contributed by atoms with Crippen molar-refractivity contribution in [1.82, 2.24) is 0 Å². The van der Waals surface area contributed by atoms with Gasteiger partial charge < -0.3 is 10.1 Å². The fourth-order valence-corrected chi connectivity index (χ4v) is 2.02. The zero-order chi connectivity index (χ0) is 17.7. The van der Waals surface area contributed by atoms with E-state index in [0.717, 1.165) is 6.07 Å². The third-order valence-corrected chi connectivity index (χ3v) is 3.34. The molecule has 0 aliphatic rings. The van der Waals surface area contributed by atoms with Gasteiger partial charge in [0.2, 0.25) is 0 Å². The van der Waals surface area contributed by atoms with Crippen LogP contribution in [0.1, 0.15) is 23.7 Å². The predicted molar refractivity (Wildman–Crippen MR) is 88.4 cm³/mol. The Kier molecular flexibility index (Phi) is 5.49. The van der Waals surface area contributed by atoms with Crippen LogP contribution in [0, 0.1) is 10.1 Å². The van der Waals surface area contributed by atoms with Gasteiger partial charge in [0.15, 0.2) is 0 Å². The summed E-state index contributed by atoms with van der Waals surface area (Å²) < 4.78 is 5.06. The second kappa shape index (κ2) is 7.56. The molecule has 0 aromatic heterocycles. The van der Waals surface area contributed by atoms with Gasteiger partial charge in [0.1, 0.15) is 10.8 Å². The van der Waals surface area contributed by atoms with Crippen molar-refractivity contribution in [3.63, 3.8) is 0 Å². The average Bonchev–Trinajstić information content (AvgIpc) is 2.55. The van der Waals surface area contributed by atoms with Crippen LogP contribution in [-0.4, -0.2) is 16.8 Å². The number of esters is 1. The lowest BCUT2D eigenvalue weighted by molar-refractivity contribution is -0.384. The smallest absolute Gasteiger partial charge is 0.310 e. The molecule has 0 unspecified atom stereocenters. The Morgan fingerprint density at radius 1 is 1.25 bits per heavy atom. The quantitative estimate of drug-likeness (QED) is 0.383. The summed E-state index contributed by atoms with van der Waals surface area (Å²) in [4.78, 5) is 33.7. The Morgan fingerprint density at radius 2 is 2.00 bits per heavy atom. The van der Waals surface area contributed by atoms with Gasteiger partial charge in [-0.1, -0.05) is 24.6 Å². The van der Waals surface area contributed by atoms with Crippen LogP contribution in [0.25, 0.3) is 0 Å². The second-order valence-electron chi connectivity index (χ2n) is 4.73. The summed E-state index contributed by atoms with van der Waals surface area (Å²) in [5.41, 5.74) is 0.121. The largest absolute Gasteiger partial charge is 0.426 e. The van der Waals surface area contributed by atoms with E-state index in [-0.39, 0.29) is 22.7 Å². The van der Waals surface area contributed by atoms with Gasteiger partial charge in [-0.15, -0.1) is 0 Å². The van der Waals surface area contributed by atoms with Crippen molar-refractivity contribution >= 4 is 34.9 Å². The highest BCUT2D eigenvalue weighted by Crippen LogP contribution is 2.26. The van der Waals surface area contributed by atoms with E-state index < -0.39 is 16.8 Å². The second-order valence-corrected chi connectivity index (χ2v) is 5.14. The highest BCUT2D eigenvalue weighted by Gasteiger charge is 2.16. The molecule has 0 fully saturated rings. The number of halogens is 1. The fourth-order valence-electron chi connectivity index (χ4n) is 1.84. The lowest BCUT2D eigenvalue weighted by Crippen LogP contribution is -2.12. The Morgan fingerprint density at radius 3 is 2.67 bits per heavy atom. The van der Waals surface area contributed by atoms with Gasteiger partial charge in [0, 0.05) is 29.8 Å². The molecule has 2 rings (SSSR count). The Balaban J connectivity index is 2.18. The summed E-state index contributed by atoms with van der Waals surface area (Å²) in [7, 11) is 0. The normalized spacial score (nSPS) is 10.1. The first-order chi connectivity index (χ1) is 11.4. The molecule has 2 aromatic rings. The number of anilines is 1. The topological polar surface area (TPSA) is 98.5 Å². The molecule has 7 nitrogen and oxygen atoms in total. The minimum absolute atomic E-state index is 0.0509. The van der Waals surface area contributed by atoms with Crippen LogP contribution in [0.5, 0.6) is 5.75 Å². The molecule has 0 aliphatic heterocycles. The highest BCUT2D eigenvalue weighted by molar-refractivity contribution is 6.32. The minimum Gasteiger partial charge on any atom is -0.426 e. The first kappa shape index (κ1) is 17.4. The number of amides is 1. The standard InChI is InChI=1S/C16H13ClN2O5/c1-2-15(20)24-12-5-3-4-11(9-12)18-16(21)10-6-7-13(17)14(8-10)19(22)23/h3-9H,2H2,1H3,(H,18,21). The van der Waals surface area contributed by atoms with Gasteiger partial charge in [-0.05, 0) is 24.3 Å². The van der Waals surface area contributed by atoms with Gasteiger partial charge in [0.25, 0.3) is 11.6 Å². The number of nitrogens with one attached hydrogen (secondary N) is 1. The van der Waals surface area contributed by atoms with Crippen molar-refractivity contribution in [3.05, 3.63) is 63.2 Å². The number of nitro benzene ring substituents is 1. The molecular formula is C16H13ClN2O5. The van der Waals surface area contributed by atoms with Crippen LogP contribution in [-0.2, 0) is 4.79 Å². The zero-order valence-corrected chi connectivity index (χ0v) is 13.4. The van der Waals surface area contributed by atoms with Crippen molar-refractivity contribution in [2.45, 2.75) is 13.3 Å². The van der Waals surface area contributed by atoms with Crippen molar-refractivity contribution in [3.8, 4) is 5.75 Å². The summed E-state index contributed by atoms with van der Waals surface area (Å²) in [5, 5.41) is 13.4. The third-order valence-electron chi connectivity index (χ3n) is 3.02. The van der Waals surface area contributed by atoms with Gasteiger partial charge >= 0.3 is 5.97 Å². The van der Waals surface area contributed by atoms with E-state index in [1.807, 2.05) is 0 Å². The van der Waals surface area contributed by atoms with E-state index in [4.69, 9.17) is 16.3 Å². The van der Waals surface area contributed by atoms with Crippen LogP contribution in [0.2, 0.25) is 5.02 Å². The fraction of sp³-hybridized carbons (Fsp3) is 0.125. The number of nitrogens with zero attached hydrogens (tertiary/aromatic N) is 1. The SMILES string of the molecule is CCC(=O)Oc1cccc(NC(=O)c2ccc(Cl)c([N+](=O)[O-])c2)c1. The predicted octanol–water partition coefficient (Wildman–Crippen LogP) is 3.82. The van der Waals surface area contributed by atoms with E-state index in [9.17, 15) is 19.7 Å². The number of carbonyl (C=O) groups excluding carboxylic acids is 2.